The summed E-state index contributed by atoms with van der Waals surface area (Å²) in [6, 6.07) is 11.8. The lowest BCUT2D eigenvalue weighted by atomic mass is 10.1. The average molecular weight is 282 g/mol. The van der Waals surface area contributed by atoms with Crippen molar-refractivity contribution in [2.45, 2.75) is 25.4 Å². The molecule has 0 radical (unpaired) electrons. The normalized spacial score (nSPS) is 18.8. The van der Waals surface area contributed by atoms with Gasteiger partial charge >= 0.3 is 5.97 Å². The van der Waals surface area contributed by atoms with Crippen LogP contribution in [0.2, 0.25) is 0 Å². The fourth-order valence-corrected chi connectivity index (χ4v) is 2.97. The van der Waals surface area contributed by atoms with E-state index in [0.29, 0.717) is 11.6 Å². The number of hydrogen-bond acceptors (Lipinski definition) is 3. The highest BCUT2D eigenvalue weighted by Gasteiger charge is 2.25. The van der Waals surface area contributed by atoms with Gasteiger partial charge in [-0.25, -0.2) is 4.79 Å². The highest BCUT2D eigenvalue weighted by molar-refractivity contribution is 5.87. The molecule has 4 nitrogen and oxygen atoms in total. The lowest BCUT2D eigenvalue weighted by Crippen LogP contribution is -2.22. The van der Waals surface area contributed by atoms with Gasteiger partial charge in [0.25, 0.3) is 0 Å². The number of carboxylic acid groups (broad SMARTS) is 1. The van der Waals surface area contributed by atoms with Crippen LogP contribution in [0.4, 0.5) is 0 Å². The Bertz CT molecular complexity index is 610. The van der Waals surface area contributed by atoms with Crippen molar-refractivity contribution >= 4 is 5.97 Å². The van der Waals surface area contributed by atoms with Crippen LogP contribution < -0.4 is 0 Å². The van der Waals surface area contributed by atoms with Gasteiger partial charge in [-0.3, -0.25) is 9.88 Å². The van der Waals surface area contributed by atoms with E-state index >= 15 is 0 Å². The largest absolute Gasteiger partial charge is 0.478 e. The topological polar surface area (TPSA) is 53.4 Å². The van der Waals surface area contributed by atoms with Gasteiger partial charge in [-0.2, -0.15) is 0 Å². The van der Waals surface area contributed by atoms with Gasteiger partial charge in [0.1, 0.15) is 0 Å². The molecule has 0 saturated carbocycles. The Morgan fingerprint density at radius 3 is 2.57 bits per heavy atom. The van der Waals surface area contributed by atoms with E-state index in [4.69, 9.17) is 5.11 Å². The molecular formula is C17H18N2O2. The van der Waals surface area contributed by atoms with E-state index in [1.807, 2.05) is 24.5 Å². The molecule has 0 bridgehead atoms. The first-order valence-electron chi connectivity index (χ1n) is 7.20. The SMILES string of the molecule is O=C(O)c1ccc(CN2CCCC2c2ccncc2)cc1. The van der Waals surface area contributed by atoms with E-state index in [-0.39, 0.29) is 0 Å². The monoisotopic (exact) mass is 282 g/mol. The number of pyridine rings is 1. The van der Waals surface area contributed by atoms with E-state index in [9.17, 15) is 4.79 Å². The molecule has 1 fully saturated rings. The molecule has 2 heterocycles. The van der Waals surface area contributed by atoms with Crippen molar-refractivity contribution < 1.29 is 9.90 Å². The first-order chi connectivity index (χ1) is 10.2. The van der Waals surface area contributed by atoms with E-state index in [1.165, 1.54) is 12.0 Å². The van der Waals surface area contributed by atoms with E-state index in [0.717, 1.165) is 25.1 Å². The van der Waals surface area contributed by atoms with Gasteiger partial charge in [-0.15, -0.1) is 0 Å². The van der Waals surface area contributed by atoms with Crippen LogP contribution in [0.3, 0.4) is 0 Å². The molecule has 1 aliphatic heterocycles. The molecule has 1 saturated heterocycles. The van der Waals surface area contributed by atoms with E-state index < -0.39 is 5.97 Å². The molecule has 4 heteroatoms. The Balaban J connectivity index is 1.73. The Kier molecular flexibility index (Phi) is 3.97. The second-order valence-corrected chi connectivity index (χ2v) is 5.41. The van der Waals surface area contributed by atoms with Crippen LogP contribution >= 0.6 is 0 Å². The average Bonchev–Trinajstić information content (AvgIpc) is 2.97. The number of rotatable bonds is 4. The van der Waals surface area contributed by atoms with Crippen molar-refractivity contribution in [2.75, 3.05) is 6.54 Å². The van der Waals surface area contributed by atoms with Crippen molar-refractivity contribution in [1.29, 1.82) is 0 Å². The quantitative estimate of drug-likeness (QED) is 0.936. The summed E-state index contributed by atoms with van der Waals surface area (Å²) in [6.45, 7) is 1.93. The second kappa shape index (κ2) is 6.06. The van der Waals surface area contributed by atoms with E-state index in [1.54, 1.807) is 12.1 Å². The summed E-state index contributed by atoms with van der Waals surface area (Å²) >= 11 is 0. The molecule has 1 aliphatic rings. The number of nitrogens with zero attached hydrogens (tertiary/aromatic N) is 2. The van der Waals surface area contributed by atoms with Gasteiger partial charge in [0, 0.05) is 25.0 Å². The molecule has 0 spiro atoms. The number of likely N-dealkylation sites (tertiary alicyclic amines) is 1. The minimum Gasteiger partial charge on any atom is -0.478 e. The zero-order valence-corrected chi connectivity index (χ0v) is 11.8. The predicted octanol–water partition coefficient (Wildman–Crippen LogP) is 3.12. The Labute approximate surface area is 124 Å². The molecule has 1 aromatic carbocycles. The summed E-state index contributed by atoms with van der Waals surface area (Å²) in [5, 5.41) is 8.93. The van der Waals surface area contributed by atoms with Gasteiger partial charge in [0.05, 0.1) is 5.56 Å². The third-order valence-electron chi connectivity index (χ3n) is 4.04. The van der Waals surface area contributed by atoms with Crippen LogP contribution in [0, 0.1) is 0 Å². The maximum Gasteiger partial charge on any atom is 0.335 e. The fourth-order valence-electron chi connectivity index (χ4n) is 2.97. The summed E-state index contributed by atoms with van der Waals surface area (Å²) in [7, 11) is 0. The zero-order chi connectivity index (χ0) is 14.7. The Hall–Kier alpha value is -2.20. The van der Waals surface area contributed by atoms with Crippen LogP contribution in [0.5, 0.6) is 0 Å². The van der Waals surface area contributed by atoms with Crippen molar-refractivity contribution in [3.8, 4) is 0 Å². The molecule has 2 aromatic rings. The predicted molar refractivity (Wildman–Crippen MR) is 80.0 cm³/mol. The number of carbonyl (C=O) groups is 1. The highest BCUT2D eigenvalue weighted by Crippen LogP contribution is 2.32. The van der Waals surface area contributed by atoms with Gasteiger partial charge in [0.2, 0.25) is 0 Å². The summed E-state index contributed by atoms with van der Waals surface area (Å²) in [4.78, 5) is 17.4. The molecule has 0 aliphatic carbocycles. The standard InChI is InChI=1S/C17H18N2O2/c20-17(21)15-5-3-13(4-6-15)12-19-11-1-2-16(19)14-7-9-18-10-8-14/h3-10,16H,1-2,11-12H2,(H,20,21). The maximum absolute atomic E-state index is 10.9. The number of aromatic carboxylic acids is 1. The first kappa shape index (κ1) is 13.8. The summed E-state index contributed by atoms with van der Waals surface area (Å²) in [5.41, 5.74) is 2.80. The van der Waals surface area contributed by atoms with Crippen LogP contribution in [0.25, 0.3) is 0 Å². The molecule has 0 amide bonds. The summed E-state index contributed by atoms with van der Waals surface area (Å²) in [5.74, 6) is -0.877. The lowest BCUT2D eigenvalue weighted by molar-refractivity contribution is 0.0697. The molecule has 108 valence electrons. The van der Waals surface area contributed by atoms with Gasteiger partial charge in [-0.05, 0) is 54.8 Å². The van der Waals surface area contributed by atoms with Gasteiger partial charge in [0.15, 0.2) is 0 Å². The van der Waals surface area contributed by atoms with Crippen molar-refractivity contribution in [1.82, 2.24) is 9.88 Å². The van der Waals surface area contributed by atoms with Crippen molar-refractivity contribution in [3.05, 3.63) is 65.5 Å². The lowest BCUT2D eigenvalue weighted by Gasteiger charge is -2.24. The minimum atomic E-state index is -0.877. The highest BCUT2D eigenvalue weighted by atomic mass is 16.4. The number of hydrogen-bond donors (Lipinski definition) is 1. The van der Waals surface area contributed by atoms with Crippen LogP contribution in [0.15, 0.2) is 48.8 Å². The Morgan fingerprint density at radius 2 is 1.90 bits per heavy atom. The Morgan fingerprint density at radius 1 is 1.19 bits per heavy atom. The molecule has 1 atom stereocenters. The van der Waals surface area contributed by atoms with Gasteiger partial charge < -0.3 is 5.11 Å². The number of benzene rings is 1. The molecule has 1 N–H and O–H groups in total. The maximum atomic E-state index is 10.9. The molecular weight excluding hydrogens is 264 g/mol. The van der Waals surface area contributed by atoms with Gasteiger partial charge in [-0.1, -0.05) is 12.1 Å². The first-order valence-corrected chi connectivity index (χ1v) is 7.20. The fraction of sp³-hybridized carbons (Fsp3) is 0.294. The zero-order valence-electron chi connectivity index (χ0n) is 11.8. The minimum absolute atomic E-state index is 0.339. The number of carboxylic acids is 1. The molecule has 1 unspecified atom stereocenters. The third-order valence-corrected chi connectivity index (χ3v) is 4.04. The molecule has 21 heavy (non-hydrogen) atoms. The summed E-state index contributed by atoms with van der Waals surface area (Å²) in [6.07, 6.45) is 6.04. The third kappa shape index (κ3) is 3.11. The second-order valence-electron chi connectivity index (χ2n) is 5.41. The van der Waals surface area contributed by atoms with Crippen molar-refractivity contribution in [2.24, 2.45) is 0 Å². The van der Waals surface area contributed by atoms with Crippen LogP contribution in [0.1, 0.15) is 40.4 Å². The smallest absolute Gasteiger partial charge is 0.335 e. The van der Waals surface area contributed by atoms with E-state index in [2.05, 4.69) is 22.0 Å². The van der Waals surface area contributed by atoms with Crippen LogP contribution in [-0.2, 0) is 6.54 Å². The van der Waals surface area contributed by atoms with Crippen LogP contribution in [-0.4, -0.2) is 27.5 Å². The molecule has 1 aromatic heterocycles. The molecule has 3 rings (SSSR count). The number of aromatic nitrogens is 1. The summed E-state index contributed by atoms with van der Waals surface area (Å²) < 4.78 is 0. The van der Waals surface area contributed by atoms with Crippen molar-refractivity contribution in [3.63, 3.8) is 0 Å².